The van der Waals surface area contributed by atoms with E-state index in [2.05, 4.69) is 54.3 Å². The number of fused-ring (bicyclic) bond motifs is 1. The summed E-state index contributed by atoms with van der Waals surface area (Å²) >= 11 is 0. The Bertz CT molecular complexity index is 591. The Labute approximate surface area is 127 Å². The van der Waals surface area contributed by atoms with Gasteiger partial charge in [0, 0.05) is 6.04 Å². The minimum absolute atomic E-state index is 0.494. The maximum absolute atomic E-state index is 6.08. The molecule has 2 aromatic rings. The lowest BCUT2D eigenvalue weighted by molar-refractivity contribution is 0.0961. The summed E-state index contributed by atoms with van der Waals surface area (Å²) in [6.07, 6.45) is 3.75. The Balaban J connectivity index is 1.98. The second-order valence-corrected chi connectivity index (χ2v) is 6.23. The molecule has 2 aromatic carbocycles. The molecule has 0 bridgehead atoms. The quantitative estimate of drug-likeness (QED) is 0.919. The van der Waals surface area contributed by atoms with Crippen molar-refractivity contribution in [2.75, 3.05) is 19.6 Å². The summed E-state index contributed by atoms with van der Waals surface area (Å²) in [4.78, 5) is 2.64. The molecule has 0 spiro atoms. The largest absolute Gasteiger partial charge is 0.330 e. The molecule has 0 aromatic heterocycles. The zero-order valence-electron chi connectivity index (χ0n) is 13.0. The van der Waals surface area contributed by atoms with Gasteiger partial charge in [-0.3, -0.25) is 4.90 Å². The van der Waals surface area contributed by atoms with E-state index in [-0.39, 0.29) is 0 Å². The lowest BCUT2D eigenvalue weighted by Crippen LogP contribution is -2.41. The van der Waals surface area contributed by atoms with Crippen LogP contribution in [0.15, 0.2) is 42.5 Å². The third kappa shape index (κ3) is 2.97. The second kappa shape index (κ2) is 6.59. The maximum atomic E-state index is 6.08. The Hall–Kier alpha value is -1.38. The highest BCUT2D eigenvalue weighted by atomic mass is 15.2. The van der Waals surface area contributed by atoms with Crippen molar-refractivity contribution in [1.29, 1.82) is 0 Å². The van der Waals surface area contributed by atoms with Crippen molar-refractivity contribution in [2.45, 2.75) is 32.2 Å². The minimum atomic E-state index is 0.494. The smallest absolute Gasteiger partial charge is 0.0388 e. The van der Waals surface area contributed by atoms with Crippen molar-refractivity contribution >= 4 is 10.8 Å². The first-order chi connectivity index (χ1) is 10.3. The molecule has 1 saturated heterocycles. The number of nitrogens with two attached hydrogens (primary N) is 1. The molecule has 21 heavy (non-hydrogen) atoms. The number of likely N-dealkylation sites (tertiary alicyclic amines) is 1. The molecule has 0 radical (unpaired) electrons. The molecular formula is C19H26N2. The van der Waals surface area contributed by atoms with Crippen LogP contribution in [-0.2, 0) is 0 Å². The van der Waals surface area contributed by atoms with Crippen LogP contribution in [0.3, 0.4) is 0 Å². The van der Waals surface area contributed by atoms with E-state index in [4.69, 9.17) is 5.73 Å². The van der Waals surface area contributed by atoms with Crippen LogP contribution in [0.4, 0.5) is 0 Å². The van der Waals surface area contributed by atoms with Gasteiger partial charge in [-0.2, -0.15) is 0 Å². The fourth-order valence-electron chi connectivity index (χ4n) is 3.81. The van der Waals surface area contributed by atoms with Gasteiger partial charge in [0.1, 0.15) is 0 Å². The molecule has 3 rings (SSSR count). The Kier molecular flexibility index (Phi) is 4.57. The lowest BCUT2D eigenvalue weighted by atomic mass is 9.84. The summed E-state index contributed by atoms with van der Waals surface area (Å²) in [7, 11) is 0. The van der Waals surface area contributed by atoms with E-state index in [1.54, 1.807) is 0 Å². The molecule has 0 aliphatic carbocycles. The van der Waals surface area contributed by atoms with Crippen LogP contribution >= 0.6 is 0 Å². The number of hydrogen-bond acceptors (Lipinski definition) is 2. The van der Waals surface area contributed by atoms with Crippen LogP contribution in [0.25, 0.3) is 10.8 Å². The Morgan fingerprint density at radius 1 is 1.14 bits per heavy atom. The summed E-state index contributed by atoms with van der Waals surface area (Å²) < 4.78 is 0. The van der Waals surface area contributed by atoms with Gasteiger partial charge in [0.25, 0.3) is 0 Å². The molecule has 1 aliphatic heterocycles. The fraction of sp³-hybridized carbons (Fsp3) is 0.474. The third-order valence-corrected chi connectivity index (χ3v) is 4.79. The highest BCUT2D eigenvalue weighted by molar-refractivity contribution is 5.83. The van der Waals surface area contributed by atoms with Crippen LogP contribution in [0.1, 0.15) is 37.8 Å². The SMILES string of the molecule is CCCN1CCCC(CN)C1c1ccc2ccccc2c1. The third-order valence-electron chi connectivity index (χ3n) is 4.79. The number of hydrogen-bond donors (Lipinski definition) is 1. The number of rotatable bonds is 4. The molecule has 0 amide bonds. The molecule has 1 heterocycles. The Morgan fingerprint density at radius 3 is 2.71 bits per heavy atom. The van der Waals surface area contributed by atoms with Crippen LogP contribution < -0.4 is 5.73 Å². The average molecular weight is 282 g/mol. The Morgan fingerprint density at radius 2 is 1.95 bits per heavy atom. The predicted octanol–water partition coefficient (Wildman–Crippen LogP) is 3.96. The van der Waals surface area contributed by atoms with E-state index in [1.807, 2.05) is 0 Å². The molecule has 0 saturated carbocycles. The average Bonchev–Trinajstić information content (AvgIpc) is 2.54. The van der Waals surface area contributed by atoms with Gasteiger partial charge in [-0.15, -0.1) is 0 Å². The van der Waals surface area contributed by atoms with Gasteiger partial charge >= 0.3 is 0 Å². The monoisotopic (exact) mass is 282 g/mol. The van der Waals surface area contributed by atoms with Gasteiger partial charge in [0.05, 0.1) is 0 Å². The topological polar surface area (TPSA) is 29.3 Å². The van der Waals surface area contributed by atoms with Gasteiger partial charge in [-0.1, -0.05) is 43.3 Å². The van der Waals surface area contributed by atoms with E-state index in [0.29, 0.717) is 12.0 Å². The number of benzene rings is 2. The van der Waals surface area contributed by atoms with Crippen molar-refractivity contribution in [1.82, 2.24) is 4.90 Å². The molecule has 1 fully saturated rings. The van der Waals surface area contributed by atoms with E-state index in [1.165, 1.54) is 48.7 Å². The molecule has 2 heteroatoms. The fourth-order valence-corrected chi connectivity index (χ4v) is 3.81. The summed E-state index contributed by atoms with van der Waals surface area (Å²) in [5.74, 6) is 0.589. The van der Waals surface area contributed by atoms with E-state index < -0.39 is 0 Å². The predicted molar refractivity (Wildman–Crippen MR) is 90.3 cm³/mol. The highest BCUT2D eigenvalue weighted by Crippen LogP contribution is 2.36. The molecule has 2 unspecified atom stereocenters. The normalized spacial score (nSPS) is 23.5. The van der Waals surface area contributed by atoms with Crippen LogP contribution in [0.5, 0.6) is 0 Å². The van der Waals surface area contributed by atoms with Gasteiger partial charge in [-0.25, -0.2) is 0 Å². The van der Waals surface area contributed by atoms with Crippen LogP contribution in [-0.4, -0.2) is 24.5 Å². The molecule has 2 atom stereocenters. The van der Waals surface area contributed by atoms with E-state index >= 15 is 0 Å². The van der Waals surface area contributed by atoms with Crippen molar-refractivity contribution in [2.24, 2.45) is 11.7 Å². The number of nitrogens with zero attached hydrogens (tertiary/aromatic N) is 1. The zero-order chi connectivity index (χ0) is 14.7. The van der Waals surface area contributed by atoms with Crippen molar-refractivity contribution in [3.63, 3.8) is 0 Å². The van der Waals surface area contributed by atoms with Gasteiger partial charge in [-0.05, 0) is 67.2 Å². The van der Waals surface area contributed by atoms with Crippen LogP contribution in [0.2, 0.25) is 0 Å². The minimum Gasteiger partial charge on any atom is -0.330 e. The highest BCUT2D eigenvalue weighted by Gasteiger charge is 2.31. The zero-order valence-corrected chi connectivity index (χ0v) is 13.0. The molecule has 2 nitrogen and oxygen atoms in total. The molecule has 112 valence electrons. The van der Waals surface area contributed by atoms with Gasteiger partial charge in [0.15, 0.2) is 0 Å². The summed E-state index contributed by atoms with van der Waals surface area (Å²) in [5, 5.41) is 2.66. The first-order valence-electron chi connectivity index (χ1n) is 8.26. The molecule has 1 aliphatic rings. The van der Waals surface area contributed by atoms with Crippen molar-refractivity contribution in [3.05, 3.63) is 48.0 Å². The first kappa shape index (κ1) is 14.6. The number of piperidine rings is 1. The lowest BCUT2D eigenvalue weighted by Gasteiger charge is -2.41. The molecule has 2 N–H and O–H groups in total. The van der Waals surface area contributed by atoms with Gasteiger partial charge in [0.2, 0.25) is 0 Å². The molecular weight excluding hydrogens is 256 g/mol. The van der Waals surface area contributed by atoms with Crippen molar-refractivity contribution < 1.29 is 0 Å². The van der Waals surface area contributed by atoms with Crippen LogP contribution in [0, 0.1) is 5.92 Å². The summed E-state index contributed by atoms with van der Waals surface area (Å²) in [6.45, 7) is 5.44. The standard InChI is InChI=1S/C19H26N2/c1-2-11-21-12-5-8-18(14-20)19(21)17-10-9-15-6-3-4-7-16(15)13-17/h3-4,6-7,9-10,13,18-19H,2,5,8,11-12,14,20H2,1H3. The summed E-state index contributed by atoms with van der Waals surface area (Å²) in [5.41, 5.74) is 7.52. The van der Waals surface area contributed by atoms with Gasteiger partial charge < -0.3 is 5.73 Å². The summed E-state index contributed by atoms with van der Waals surface area (Å²) in [6, 6.07) is 16.1. The second-order valence-electron chi connectivity index (χ2n) is 6.23. The first-order valence-corrected chi connectivity index (χ1v) is 8.26. The van der Waals surface area contributed by atoms with E-state index in [0.717, 1.165) is 6.54 Å². The van der Waals surface area contributed by atoms with Crippen molar-refractivity contribution in [3.8, 4) is 0 Å². The maximum Gasteiger partial charge on any atom is 0.0388 e. The van der Waals surface area contributed by atoms with E-state index in [9.17, 15) is 0 Å².